The second-order valence-electron chi connectivity index (χ2n) is 6.78. The molecule has 3 heterocycles. The van der Waals surface area contributed by atoms with Gasteiger partial charge in [-0.25, -0.2) is 14.6 Å². The average molecular weight is 452 g/mol. The average Bonchev–Trinajstić information content (AvgIpc) is 3.29. The molecule has 0 saturated carbocycles. The van der Waals surface area contributed by atoms with Crippen molar-refractivity contribution in [1.82, 2.24) is 15.2 Å². The molecule has 1 aromatic heterocycles. The minimum atomic E-state index is -1.08. The second kappa shape index (κ2) is 10.5. The standard InChI is InChI=1S/C19H24N4O7S/c1-3-29-18(26)11(2)30-19(27)12-8-21-15(16-20-4-7-31-16)22-13(12)9-23-5-6-28-10-14(23)17(24)25/h4,7,11,14H,3,5-6,8-10H2,1-2H3,(H,21,22)(H,24,25). The highest BCUT2D eigenvalue weighted by Crippen LogP contribution is 2.19. The Balaban J connectivity index is 1.82. The maximum atomic E-state index is 12.8. The van der Waals surface area contributed by atoms with Gasteiger partial charge in [0.2, 0.25) is 0 Å². The molecule has 3 rings (SSSR count). The normalized spacial score (nSPS) is 20.5. The second-order valence-corrected chi connectivity index (χ2v) is 7.68. The number of amidine groups is 1. The number of nitrogens with zero attached hydrogens (tertiary/aromatic N) is 3. The van der Waals surface area contributed by atoms with Gasteiger partial charge in [-0.1, -0.05) is 0 Å². The largest absolute Gasteiger partial charge is 0.480 e. The number of ether oxygens (including phenoxy) is 3. The Morgan fingerprint density at radius 1 is 1.45 bits per heavy atom. The summed E-state index contributed by atoms with van der Waals surface area (Å²) in [6.07, 6.45) is 0.557. The Morgan fingerprint density at radius 2 is 2.26 bits per heavy atom. The molecule has 2 atom stereocenters. The smallest absolute Gasteiger partial charge is 0.347 e. The number of esters is 2. The van der Waals surface area contributed by atoms with E-state index in [4.69, 9.17) is 14.2 Å². The van der Waals surface area contributed by atoms with E-state index in [2.05, 4.69) is 15.3 Å². The Labute approximate surface area is 182 Å². The van der Waals surface area contributed by atoms with Gasteiger partial charge in [-0.15, -0.1) is 11.3 Å². The number of thiazole rings is 1. The molecule has 0 aliphatic carbocycles. The molecule has 2 N–H and O–H groups in total. The monoisotopic (exact) mass is 452 g/mol. The fourth-order valence-electron chi connectivity index (χ4n) is 3.09. The predicted molar refractivity (Wildman–Crippen MR) is 110 cm³/mol. The van der Waals surface area contributed by atoms with Gasteiger partial charge in [0, 0.05) is 30.4 Å². The lowest BCUT2D eigenvalue weighted by atomic mass is 10.1. The van der Waals surface area contributed by atoms with E-state index in [-0.39, 0.29) is 31.9 Å². The topological polar surface area (TPSA) is 140 Å². The lowest BCUT2D eigenvalue weighted by Gasteiger charge is -2.34. The summed E-state index contributed by atoms with van der Waals surface area (Å²) in [6.45, 7) is 4.22. The van der Waals surface area contributed by atoms with Crippen molar-refractivity contribution in [1.29, 1.82) is 0 Å². The number of aromatic nitrogens is 1. The first-order chi connectivity index (χ1) is 14.9. The highest BCUT2D eigenvalue weighted by molar-refractivity contribution is 7.11. The van der Waals surface area contributed by atoms with Crippen molar-refractivity contribution >= 4 is 35.1 Å². The number of carboxylic acid groups (broad SMARTS) is 1. The third kappa shape index (κ3) is 5.66. The van der Waals surface area contributed by atoms with Crippen molar-refractivity contribution in [2.75, 3.05) is 39.5 Å². The van der Waals surface area contributed by atoms with Crippen LogP contribution < -0.4 is 5.32 Å². The Kier molecular flexibility index (Phi) is 7.71. The summed E-state index contributed by atoms with van der Waals surface area (Å²) >= 11 is 1.38. The molecule has 12 heteroatoms. The maximum Gasteiger partial charge on any atom is 0.347 e. The molecule has 31 heavy (non-hydrogen) atoms. The third-order valence-corrected chi connectivity index (χ3v) is 5.48. The maximum absolute atomic E-state index is 12.8. The minimum Gasteiger partial charge on any atom is -0.480 e. The molecule has 0 aromatic carbocycles. The van der Waals surface area contributed by atoms with Crippen LogP contribution in [0.5, 0.6) is 0 Å². The molecule has 1 saturated heterocycles. The van der Waals surface area contributed by atoms with Crippen molar-refractivity contribution in [2.24, 2.45) is 4.99 Å². The summed E-state index contributed by atoms with van der Waals surface area (Å²) < 4.78 is 15.4. The summed E-state index contributed by atoms with van der Waals surface area (Å²) in [5.41, 5.74) is 0.668. The number of carbonyl (C=O) groups excluding carboxylic acids is 2. The van der Waals surface area contributed by atoms with Gasteiger partial charge < -0.3 is 24.6 Å². The summed E-state index contributed by atoms with van der Waals surface area (Å²) in [7, 11) is 0. The Bertz CT molecular complexity index is 884. The molecule has 1 aromatic rings. The van der Waals surface area contributed by atoms with Crippen LogP contribution in [0.15, 0.2) is 27.8 Å². The molecular weight excluding hydrogens is 428 g/mol. The van der Waals surface area contributed by atoms with E-state index in [9.17, 15) is 19.5 Å². The van der Waals surface area contributed by atoms with Gasteiger partial charge in [-0.05, 0) is 13.8 Å². The molecule has 1 fully saturated rings. The minimum absolute atomic E-state index is 0.00764. The van der Waals surface area contributed by atoms with E-state index in [1.807, 2.05) is 0 Å². The van der Waals surface area contributed by atoms with E-state index >= 15 is 0 Å². The van der Waals surface area contributed by atoms with Crippen molar-refractivity contribution in [2.45, 2.75) is 26.0 Å². The quantitative estimate of drug-likeness (QED) is 0.519. The molecule has 0 bridgehead atoms. The van der Waals surface area contributed by atoms with E-state index < -0.39 is 30.1 Å². The van der Waals surface area contributed by atoms with Gasteiger partial charge >= 0.3 is 17.9 Å². The van der Waals surface area contributed by atoms with Crippen LogP contribution in [0, 0.1) is 0 Å². The zero-order valence-corrected chi connectivity index (χ0v) is 18.0. The molecular formula is C19H24N4O7S. The van der Waals surface area contributed by atoms with Gasteiger partial charge in [0.15, 0.2) is 16.9 Å². The van der Waals surface area contributed by atoms with Gasteiger partial charge in [-0.3, -0.25) is 14.7 Å². The third-order valence-electron chi connectivity index (χ3n) is 4.70. The number of hydrogen-bond donors (Lipinski definition) is 2. The Morgan fingerprint density at radius 3 is 2.94 bits per heavy atom. The van der Waals surface area contributed by atoms with Crippen LogP contribution in [0.25, 0.3) is 0 Å². The highest BCUT2D eigenvalue weighted by Gasteiger charge is 2.33. The summed E-state index contributed by atoms with van der Waals surface area (Å²) in [6, 6.07) is -0.846. The number of carbonyl (C=O) groups is 3. The fraction of sp³-hybridized carbons (Fsp3) is 0.526. The number of morpholine rings is 1. The van der Waals surface area contributed by atoms with Crippen LogP contribution in [0.4, 0.5) is 0 Å². The van der Waals surface area contributed by atoms with Crippen molar-refractivity contribution in [3.8, 4) is 0 Å². The van der Waals surface area contributed by atoms with Gasteiger partial charge in [0.05, 0.1) is 31.9 Å². The van der Waals surface area contributed by atoms with Gasteiger partial charge in [-0.2, -0.15) is 0 Å². The predicted octanol–water partition coefficient (Wildman–Crippen LogP) is 0.0272. The number of hydrogen-bond acceptors (Lipinski definition) is 11. The molecule has 11 nitrogen and oxygen atoms in total. The molecule has 0 amide bonds. The van der Waals surface area contributed by atoms with Crippen LogP contribution in [0.2, 0.25) is 0 Å². The van der Waals surface area contributed by atoms with Crippen LogP contribution in [0.1, 0.15) is 18.9 Å². The zero-order valence-electron chi connectivity index (χ0n) is 17.2. The van der Waals surface area contributed by atoms with Gasteiger partial charge in [0.25, 0.3) is 0 Å². The first kappa shape index (κ1) is 22.8. The molecule has 2 aliphatic rings. The first-order valence-electron chi connectivity index (χ1n) is 9.76. The zero-order chi connectivity index (χ0) is 22.4. The summed E-state index contributed by atoms with van der Waals surface area (Å²) in [4.78, 5) is 46.6. The summed E-state index contributed by atoms with van der Waals surface area (Å²) in [5.74, 6) is -1.89. The number of rotatable bonds is 8. The van der Waals surface area contributed by atoms with Crippen LogP contribution in [0.3, 0.4) is 0 Å². The molecule has 168 valence electrons. The lowest BCUT2D eigenvalue weighted by Crippen LogP contribution is -2.52. The van der Waals surface area contributed by atoms with Crippen molar-refractivity contribution in [3.05, 3.63) is 27.9 Å². The fourth-order valence-corrected chi connectivity index (χ4v) is 3.69. The van der Waals surface area contributed by atoms with Crippen LogP contribution in [-0.4, -0.2) is 90.3 Å². The molecule has 2 aliphatic heterocycles. The summed E-state index contributed by atoms with van der Waals surface area (Å²) in [5, 5.41) is 15.1. The molecule has 2 unspecified atom stereocenters. The van der Waals surface area contributed by atoms with Crippen molar-refractivity contribution in [3.63, 3.8) is 0 Å². The first-order valence-corrected chi connectivity index (χ1v) is 10.6. The highest BCUT2D eigenvalue weighted by atomic mass is 32.1. The van der Waals surface area contributed by atoms with E-state index in [0.29, 0.717) is 29.7 Å². The van der Waals surface area contributed by atoms with Crippen LogP contribution >= 0.6 is 11.3 Å². The van der Waals surface area contributed by atoms with Gasteiger partial charge in [0.1, 0.15) is 6.04 Å². The van der Waals surface area contributed by atoms with E-state index in [1.165, 1.54) is 18.3 Å². The van der Waals surface area contributed by atoms with E-state index in [0.717, 1.165) is 0 Å². The number of carboxylic acids is 1. The Hall–Kier alpha value is -2.83. The number of nitrogens with one attached hydrogen (secondary N) is 1. The number of aliphatic carboxylic acids is 1. The number of aliphatic imine (C=N–C) groups is 1. The van der Waals surface area contributed by atoms with Crippen LogP contribution in [-0.2, 0) is 28.6 Å². The molecule has 0 spiro atoms. The lowest BCUT2D eigenvalue weighted by molar-refractivity contribution is -0.164. The SMILES string of the molecule is CCOC(=O)C(C)OC(=O)C1=C(CN2CCOCC2C(=O)O)NC(c2nccs2)=NC1. The van der Waals surface area contributed by atoms with E-state index in [1.54, 1.807) is 23.4 Å². The molecule has 0 radical (unpaired) electrons. The van der Waals surface area contributed by atoms with Crippen molar-refractivity contribution < 1.29 is 33.7 Å².